The second-order valence-electron chi connectivity index (χ2n) is 6.30. The summed E-state index contributed by atoms with van der Waals surface area (Å²) in [5.41, 5.74) is 2.25. The summed E-state index contributed by atoms with van der Waals surface area (Å²) < 4.78 is 11.4. The number of nitrogens with zero attached hydrogens (tertiary/aromatic N) is 1. The maximum atomic E-state index is 12.3. The highest BCUT2D eigenvalue weighted by atomic mass is 35.5. The van der Waals surface area contributed by atoms with Gasteiger partial charge in [-0.05, 0) is 49.6 Å². The summed E-state index contributed by atoms with van der Waals surface area (Å²) in [6, 6.07) is 10.4. The molecule has 0 fully saturated rings. The number of oxime groups is 1. The topological polar surface area (TPSA) is 57.1 Å². The molecule has 156 valence electrons. The largest absolute Gasteiger partial charge is 0.459 e. The Bertz CT molecular complexity index is 841. The van der Waals surface area contributed by atoms with Gasteiger partial charge >= 0.3 is 5.97 Å². The van der Waals surface area contributed by atoms with E-state index in [0.717, 1.165) is 5.56 Å². The molecule has 2 aromatic rings. The molecule has 2 rings (SSSR count). The number of hydrogen-bond acceptors (Lipinski definition) is 5. The SMILES string of the molecule is CON=CCC[C@@H](COC(=O)c1ccc(C)cc1)OCc1cc(Cl)c(Cl)cc1Cl. The molecule has 0 radical (unpaired) electrons. The van der Waals surface area contributed by atoms with Crippen molar-refractivity contribution in [3.8, 4) is 0 Å². The van der Waals surface area contributed by atoms with E-state index in [2.05, 4.69) is 9.99 Å². The Balaban J connectivity index is 1.98. The minimum absolute atomic E-state index is 0.0898. The van der Waals surface area contributed by atoms with Gasteiger partial charge in [0, 0.05) is 11.2 Å². The first-order valence-corrected chi connectivity index (χ1v) is 10.1. The van der Waals surface area contributed by atoms with Crippen LogP contribution >= 0.6 is 34.8 Å². The fourth-order valence-electron chi connectivity index (χ4n) is 2.43. The van der Waals surface area contributed by atoms with E-state index >= 15 is 0 Å². The summed E-state index contributed by atoms with van der Waals surface area (Å²) in [4.78, 5) is 16.9. The Labute approximate surface area is 185 Å². The number of ether oxygens (including phenoxy) is 2. The molecule has 0 N–H and O–H groups in total. The van der Waals surface area contributed by atoms with E-state index in [4.69, 9.17) is 44.3 Å². The molecule has 1 atom stereocenters. The molecular weight excluding hydrogens is 437 g/mol. The molecule has 0 aromatic heterocycles. The van der Waals surface area contributed by atoms with Crippen molar-refractivity contribution in [3.63, 3.8) is 0 Å². The van der Waals surface area contributed by atoms with Crippen LogP contribution in [0.5, 0.6) is 0 Å². The quantitative estimate of drug-likeness (QED) is 0.186. The predicted octanol–water partition coefficient (Wildman–Crippen LogP) is 6.11. The second kappa shape index (κ2) is 12.0. The van der Waals surface area contributed by atoms with Crippen molar-refractivity contribution in [1.29, 1.82) is 0 Å². The predicted molar refractivity (Wildman–Crippen MR) is 116 cm³/mol. The zero-order valence-electron chi connectivity index (χ0n) is 16.2. The third-order valence-electron chi connectivity index (χ3n) is 4.05. The van der Waals surface area contributed by atoms with Crippen molar-refractivity contribution < 1.29 is 19.1 Å². The van der Waals surface area contributed by atoms with E-state index in [9.17, 15) is 4.79 Å². The van der Waals surface area contributed by atoms with Crippen molar-refractivity contribution >= 4 is 47.0 Å². The normalized spacial score (nSPS) is 12.2. The van der Waals surface area contributed by atoms with Gasteiger partial charge in [0.15, 0.2) is 0 Å². The van der Waals surface area contributed by atoms with E-state index in [1.165, 1.54) is 7.11 Å². The zero-order chi connectivity index (χ0) is 21.2. The lowest BCUT2D eigenvalue weighted by molar-refractivity contribution is -0.0178. The van der Waals surface area contributed by atoms with Gasteiger partial charge in [-0.25, -0.2) is 4.79 Å². The Kier molecular flexibility index (Phi) is 9.74. The highest BCUT2D eigenvalue weighted by Gasteiger charge is 2.15. The van der Waals surface area contributed by atoms with Gasteiger partial charge in [0.2, 0.25) is 0 Å². The highest BCUT2D eigenvalue weighted by Crippen LogP contribution is 2.29. The summed E-state index contributed by atoms with van der Waals surface area (Å²) in [5.74, 6) is -0.406. The monoisotopic (exact) mass is 457 g/mol. The Hall–Kier alpha value is -1.79. The smallest absolute Gasteiger partial charge is 0.338 e. The summed E-state index contributed by atoms with van der Waals surface area (Å²) >= 11 is 18.2. The molecule has 8 heteroatoms. The molecular formula is C21H22Cl3NO4. The van der Waals surface area contributed by atoms with Crippen molar-refractivity contribution in [2.75, 3.05) is 13.7 Å². The van der Waals surface area contributed by atoms with Crippen molar-refractivity contribution in [2.24, 2.45) is 5.16 Å². The molecule has 0 aliphatic carbocycles. The summed E-state index contributed by atoms with van der Waals surface area (Å²) in [5, 5.41) is 4.93. The molecule has 0 bridgehead atoms. The lowest BCUT2D eigenvalue weighted by Gasteiger charge is -2.18. The van der Waals surface area contributed by atoms with Gasteiger partial charge in [0.1, 0.15) is 13.7 Å². The standard InChI is InChI=1S/C21H22Cl3NO4/c1-14-5-7-15(8-6-14)21(26)29-13-17(4-3-9-25-27-2)28-12-16-10-19(23)20(24)11-18(16)22/h5-11,17H,3-4,12-13H2,1-2H3/t17-/m0/s1. The fraction of sp³-hybridized carbons (Fsp3) is 0.333. The third-order valence-corrected chi connectivity index (χ3v) is 5.12. The fourth-order valence-corrected chi connectivity index (χ4v) is 3.05. The molecule has 0 heterocycles. The van der Waals surface area contributed by atoms with Crippen LogP contribution in [0.15, 0.2) is 41.6 Å². The van der Waals surface area contributed by atoms with Crippen molar-refractivity contribution in [2.45, 2.75) is 32.5 Å². The number of hydrogen-bond donors (Lipinski definition) is 0. The molecule has 0 amide bonds. The number of halogens is 3. The van der Waals surface area contributed by atoms with Crippen LogP contribution in [-0.4, -0.2) is 32.0 Å². The van der Waals surface area contributed by atoms with Crippen LogP contribution in [0.2, 0.25) is 15.1 Å². The first kappa shape index (κ1) is 23.5. The Morgan fingerprint density at radius 1 is 1.10 bits per heavy atom. The number of carbonyl (C=O) groups is 1. The summed E-state index contributed by atoms with van der Waals surface area (Å²) in [6.07, 6.45) is 2.44. The second-order valence-corrected chi connectivity index (χ2v) is 7.52. The average molecular weight is 459 g/mol. The molecule has 0 spiro atoms. The zero-order valence-corrected chi connectivity index (χ0v) is 18.4. The van der Waals surface area contributed by atoms with Crippen molar-refractivity contribution in [3.05, 3.63) is 68.2 Å². The van der Waals surface area contributed by atoms with Crippen LogP contribution in [0.3, 0.4) is 0 Å². The Morgan fingerprint density at radius 2 is 1.79 bits per heavy atom. The minimum Gasteiger partial charge on any atom is -0.459 e. The number of aryl methyl sites for hydroxylation is 1. The molecule has 0 saturated heterocycles. The summed E-state index contributed by atoms with van der Waals surface area (Å²) in [6.45, 7) is 2.24. The van der Waals surface area contributed by atoms with Crippen LogP contribution in [0.4, 0.5) is 0 Å². The van der Waals surface area contributed by atoms with Gasteiger partial charge in [-0.2, -0.15) is 0 Å². The number of carbonyl (C=O) groups excluding carboxylic acids is 1. The van der Waals surface area contributed by atoms with E-state index < -0.39 is 5.97 Å². The maximum Gasteiger partial charge on any atom is 0.338 e. The molecule has 0 aliphatic rings. The van der Waals surface area contributed by atoms with E-state index in [1.54, 1.807) is 30.5 Å². The lowest BCUT2D eigenvalue weighted by atomic mass is 10.1. The molecule has 0 saturated carbocycles. The number of benzene rings is 2. The first-order valence-electron chi connectivity index (χ1n) is 8.94. The number of esters is 1. The van der Waals surface area contributed by atoms with Crippen molar-refractivity contribution in [1.82, 2.24) is 0 Å². The van der Waals surface area contributed by atoms with Crippen LogP contribution in [0.25, 0.3) is 0 Å². The van der Waals surface area contributed by atoms with Gasteiger partial charge < -0.3 is 14.3 Å². The van der Waals surface area contributed by atoms with Gasteiger partial charge in [0.05, 0.1) is 28.3 Å². The molecule has 5 nitrogen and oxygen atoms in total. The van der Waals surface area contributed by atoms with E-state index in [-0.39, 0.29) is 19.3 Å². The van der Waals surface area contributed by atoms with Gasteiger partial charge in [-0.3, -0.25) is 0 Å². The summed E-state index contributed by atoms with van der Waals surface area (Å²) in [7, 11) is 1.47. The molecule has 2 aromatic carbocycles. The minimum atomic E-state index is -0.406. The average Bonchev–Trinajstić information content (AvgIpc) is 2.70. The molecule has 29 heavy (non-hydrogen) atoms. The highest BCUT2D eigenvalue weighted by molar-refractivity contribution is 6.43. The van der Waals surface area contributed by atoms with Crippen LogP contribution in [-0.2, 0) is 20.9 Å². The van der Waals surface area contributed by atoms with Gasteiger partial charge in [-0.1, -0.05) is 57.7 Å². The van der Waals surface area contributed by atoms with Crippen LogP contribution < -0.4 is 0 Å². The van der Waals surface area contributed by atoms with Gasteiger partial charge in [-0.15, -0.1) is 0 Å². The van der Waals surface area contributed by atoms with E-state index in [1.807, 2.05) is 19.1 Å². The van der Waals surface area contributed by atoms with Gasteiger partial charge in [0.25, 0.3) is 0 Å². The maximum absolute atomic E-state index is 12.3. The Morgan fingerprint density at radius 3 is 2.48 bits per heavy atom. The first-order chi connectivity index (χ1) is 13.9. The molecule has 0 aliphatic heterocycles. The molecule has 0 unspecified atom stereocenters. The number of rotatable bonds is 10. The third kappa shape index (κ3) is 7.86. The van der Waals surface area contributed by atoms with Crippen LogP contribution in [0.1, 0.15) is 34.3 Å². The lowest BCUT2D eigenvalue weighted by Crippen LogP contribution is -2.22. The van der Waals surface area contributed by atoms with E-state index in [0.29, 0.717) is 39.0 Å². The van der Waals surface area contributed by atoms with Crippen LogP contribution in [0, 0.1) is 6.92 Å².